The Morgan fingerprint density at radius 2 is 0.824 bits per heavy atom. The lowest BCUT2D eigenvalue weighted by Crippen LogP contribution is -2.10. The average Bonchev–Trinajstić information content (AvgIpc) is 2.87. The third-order valence-electron chi connectivity index (χ3n) is 6.28. The minimum absolute atomic E-state index is 0.669. The van der Waals surface area contributed by atoms with Crippen molar-refractivity contribution < 1.29 is 19.7 Å². The fourth-order valence-electron chi connectivity index (χ4n) is 4.03. The topological polar surface area (TPSA) is 58.9 Å². The highest BCUT2D eigenvalue weighted by molar-refractivity contribution is 5.33. The molecule has 2 unspecified atom stereocenters. The van der Waals surface area contributed by atoms with Crippen LogP contribution in [-0.4, -0.2) is 23.4 Å². The van der Waals surface area contributed by atoms with Gasteiger partial charge in [0.2, 0.25) is 0 Å². The van der Waals surface area contributed by atoms with E-state index in [1.165, 1.54) is 64.2 Å². The molecule has 0 saturated heterocycles. The molecule has 0 amide bonds. The van der Waals surface area contributed by atoms with Crippen molar-refractivity contribution in [2.24, 2.45) is 0 Å². The van der Waals surface area contributed by atoms with Gasteiger partial charge in [0.1, 0.15) is 23.7 Å². The highest BCUT2D eigenvalue weighted by Crippen LogP contribution is 2.30. The van der Waals surface area contributed by atoms with Crippen LogP contribution in [0, 0.1) is 0 Å². The highest BCUT2D eigenvalue weighted by Gasteiger charge is 2.20. The van der Waals surface area contributed by atoms with Gasteiger partial charge in [-0.15, -0.1) is 0 Å². The molecular formula is C30H46O4. The van der Waals surface area contributed by atoms with Crippen LogP contribution < -0.4 is 9.47 Å². The molecular weight excluding hydrogens is 424 g/mol. The van der Waals surface area contributed by atoms with Crippen molar-refractivity contribution in [3.8, 4) is 11.5 Å². The Balaban J connectivity index is 1.71. The molecule has 4 heteroatoms. The maximum absolute atomic E-state index is 10.7. The van der Waals surface area contributed by atoms with Gasteiger partial charge in [-0.1, -0.05) is 102 Å². The van der Waals surface area contributed by atoms with E-state index < -0.39 is 12.2 Å². The van der Waals surface area contributed by atoms with E-state index in [0.717, 1.165) is 24.3 Å². The van der Waals surface area contributed by atoms with Gasteiger partial charge in [-0.05, 0) is 48.2 Å². The molecule has 2 atom stereocenters. The van der Waals surface area contributed by atoms with E-state index in [2.05, 4.69) is 13.8 Å². The standard InChI is InChI=1S/C30H46O4/c1-3-5-7-9-11-13-23-33-27-19-15-25(16-20-27)29(31)30(32)26-17-21-28(22-18-26)34-24-14-12-10-8-6-4-2/h15-22,29-32H,3-14,23-24H2,1-2H3. The number of hydrogen-bond donors (Lipinski definition) is 2. The first-order valence-electron chi connectivity index (χ1n) is 13.5. The Bertz CT molecular complexity index is 676. The first-order chi connectivity index (χ1) is 16.7. The largest absolute Gasteiger partial charge is 0.494 e. The summed E-state index contributed by atoms with van der Waals surface area (Å²) in [5.41, 5.74) is 1.34. The molecule has 0 fully saturated rings. The van der Waals surface area contributed by atoms with Crippen LogP contribution in [0.1, 0.15) is 114 Å². The third kappa shape index (κ3) is 10.9. The molecule has 34 heavy (non-hydrogen) atoms. The van der Waals surface area contributed by atoms with E-state index in [1.807, 2.05) is 48.5 Å². The summed E-state index contributed by atoms with van der Waals surface area (Å²) in [5, 5.41) is 21.3. The molecule has 190 valence electrons. The van der Waals surface area contributed by atoms with Crippen molar-refractivity contribution in [2.45, 2.75) is 103 Å². The van der Waals surface area contributed by atoms with Gasteiger partial charge < -0.3 is 19.7 Å². The Hall–Kier alpha value is -2.04. The third-order valence-corrected chi connectivity index (χ3v) is 6.28. The molecule has 0 radical (unpaired) electrons. The van der Waals surface area contributed by atoms with Gasteiger partial charge in [-0.3, -0.25) is 0 Å². The van der Waals surface area contributed by atoms with Gasteiger partial charge >= 0.3 is 0 Å². The van der Waals surface area contributed by atoms with Crippen LogP contribution in [0.3, 0.4) is 0 Å². The fraction of sp³-hybridized carbons (Fsp3) is 0.600. The second-order valence-electron chi connectivity index (χ2n) is 9.26. The SMILES string of the molecule is CCCCCCCCOc1ccc(C(O)C(O)c2ccc(OCCCCCCCC)cc2)cc1. The summed E-state index contributed by atoms with van der Waals surface area (Å²) in [6.45, 7) is 5.88. The second-order valence-corrected chi connectivity index (χ2v) is 9.26. The number of aliphatic hydroxyl groups is 2. The van der Waals surface area contributed by atoms with Crippen molar-refractivity contribution in [2.75, 3.05) is 13.2 Å². The molecule has 0 heterocycles. The zero-order chi connectivity index (χ0) is 24.4. The lowest BCUT2D eigenvalue weighted by molar-refractivity contribution is 0.0172. The molecule has 2 aromatic rings. The molecule has 0 saturated carbocycles. The Morgan fingerprint density at radius 3 is 1.18 bits per heavy atom. The van der Waals surface area contributed by atoms with Crippen LogP contribution in [0.4, 0.5) is 0 Å². The summed E-state index contributed by atoms with van der Waals surface area (Å²) in [6.07, 6.45) is 12.8. The lowest BCUT2D eigenvalue weighted by Gasteiger charge is -2.19. The van der Waals surface area contributed by atoms with Gasteiger partial charge in [-0.2, -0.15) is 0 Å². The summed E-state index contributed by atoms with van der Waals surface area (Å²) in [4.78, 5) is 0. The van der Waals surface area contributed by atoms with Gasteiger partial charge in [0.25, 0.3) is 0 Å². The van der Waals surface area contributed by atoms with Crippen molar-refractivity contribution in [3.05, 3.63) is 59.7 Å². The normalized spacial score (nSPS) is 12.9. The van der Waals surface area contributed by atoms with Crippen molar-refractivity contribution >= 4 is 0 Å². The summed E-state index contributed by atoms with van der Waals surface area (Å²) in [6, 6.07) is 14.7. The minimum atomic E-state index is -0.998. The number of hydrogen-bond acceptors (Lipinski definition) is 4. The molecule has 2 aromatic carbocycles. The first kappa shape index (κ1) is 28.2. The molecule has 0 bridgehead atoms. The molecule has 0 aliphatic rings. The van der Waals surface area contributed by atoms with E-state index in [9.17, 15) is 10.2 Å². The van der Waals surface area contributed by atoms with Crippen LogP contribution in [-0.2, 0) is 0 Å². The molecule has 0 aliphatic heterocycles. The number of aliphatic hydroxyl groups excluding tert-OH is 2. The molecule has 0 spiro atoms. The van der Waals surface area contributed by atoms with E-state index in [-0.39, 0.29) is 0 Å². The maximum Gasteiger partial charge on any atom is 0.119 e. The molecule has 4 nitrogen and oxygen atoms in total. The number of benzene rings is 2. The van der Waals surface area contributed by atoms with Gasteiger partial charge in [-0.25, -0.2) is 0 Å². The second kappa shape index (κ2) is 17.4. The zero-order valence-corrected chi connectivity index (χ0v) is 21.4. The van der Waals surface area contributed by atoms with Crippen LogP contribution in [0.15, 0.2) is 48.5 Å². The predicted octanol–water partition coefficient (Wildman–Crippen LogP) is 7.93. The lowest BCUT2D eigenvalue weighted by atomic mass is 9.98. The average molecular weight is 471 g/mol. The molecule has 2 rings (SSSR count). The first-order valence-corrected chi connectivity index (χ1v) is 13.5. The molecule has 0 aromatic heterocycles. The van der Waals surface area contributed by atoms with Gasteiger partial charge in [0.15, 0.2) is 0 Å². The van der Waals surface area contributed by atoms with Crippen molar-refractivity contribution in [3.63, 3.8) is 0 Å². The Labute approximate surface area is 207 Å². The zero-order valence-electron chi connectivity index (χ0n) is 21.4. The number of rotatable bonds is 19. The fourth-order valence-corrected chi connectivity index (χ4v) is 4.03. The van der Waals surface area contributed by atoms with Gasteiger partial charge in [0.05, 0.1) is 13.2 Å². The van der Waals surface area contributed by atoms with Crippen LogP contribution >= 0.6 is 0 Å². The van der Waals surface area contributed by atoms with Crippen LogP contribution in [0.25, 0.3) is 0 Å². The van der Waals surface area contributed by atoms with E-state index in [1.54, 1.807) is 0 Å². The summed E-state index contributed by atoms with van der Waals surface area (Å²) in [7, 11) is 0. The summed E-state index contributed by atoms with van der Waals surface area (Å²) in [5.74, 6) is 1.59. The summed E-state index contributed by atoms with van der Waals surface area (Å²) < 4.78 is 11.6. The Kier molecular flexibility index (Phi) is 14.4. The smallest absolute Gasteiger partial charge is 0.119 e. The minimum Gasteiger partial charge on any atom is -0.494 e. The Morgan fingerprint density at radius 1 is 0.500 bits per heavy atom. The van der Waals surface area contributed by atoms with Crippen molar-refractivity contribution in [1.82, 2.24) is 0 Å². The molecule has 0 aliphatic carbocycles. The maximum atomic E-state index is 10.7. The van der Waals surface area contributed by atoms with E-state index >= 15 is 0 Å². The quantitative estimate of drug-likeness (QED) is 0.205. The molecule has 2 N–H and O–H groups in total. The van der Waals surface area contributed by atoms with Crippen molar-refractivity contribution in [1.29, 1.82) is 0 Å². The number of ether oxygens (including phenoxy) is 2. The highest BCUT2D eigenvalue weighted by atomic mass is 16.5. The van der Waals surface area contributed by atoms with E-state index in [0.29, 0.717) is 24.3 Å². The van der Waals surface area contributed by atoms with Crippen LogP contribution in [0.5, 0.6) is 11.5 Å². The van der Waals surface area contributed by atoms with Gasteiger partial charge in [0, 0.05) is 0 Å². The predicted molar refractivity (Wildman–Crippen MR) is 141 cm³/mol. The summed E-state index contributed by atoms with van der Waals surface area (Å²) >= 11 is 0. The van der Waals surface area contributed by atoms with E-state index in [4.69, 9.17) is 9.47 Å². The number of unbranched alkanes of at least 4 members (excludes halogenated alkanes) is 10. The monoisotopic (exact) mass is 470 g/mol. The van der Waals surface area contributed by atoms with Crippen LogP contribution in [0.2, 0.25) is 0 Å².